The van der Waals surface area contributed by atoms with Gasteiger partial charge in [-0.25, -0.2) is 0 Å². The van der Waals surface area contributed by atoms with Gasteiger partial charge in [0, 0.05) is 20.5 Å². The van der Waals surface area contributed by atoms with Gasteiger partial charge in [-0.2, -0.15) is 0 Å². The van der Waals surface area contributed by atoms with Crippen LogP contribution in [0.4, 0.5) is 0 Å². The van der Waals surface area contributed by atoms with Crippen LogP contribution in [0.5, 0.6) is 0 Å². The first-order valence-electron chi connectivity index (χ1n) is 12.9. The van der Waals surface area contributed by atoms with Gasteiger partial charge in [0.15, 0.2) is 0 Å². The standard InChI is InChI=1S/C30H42O6Si/c1-7-8-21-33-29(23-34-24(2)31)28(36-25(3)32)20-15-22-35-37(30(4,5)6,26-16-11-9-12-17-26)27-18-13-10-14-19-27/h7,9-14,16-19,28-29H,1,8,15,20-23H2,2-6H3/t28-,29-/m1/s1. The molecule has 6 nitrogen and oxygen atoms in total. The van der Waals surface area contributed by atoms with Crippen LogP contribution in [-0.4, -0.2) is 52.3 Å². The SMILES string of the molecule is C=CCCO[C@H](COC(C)=O)[C@@H](CCCO[Si](c1ccccc1)(c1ccccc1)C(C)(C)C)OC(C)=O. The molecule has 37 heavy (non-hydrogen) atoms. The molecule has 0 saturated carbocycles. The highest BCUT2D eigenvalue weighted by Gasteiger charge is 2.50. The van der Waals surface area contributed by atoms with E-state index in [1.165, 1.54) is 24.2 Å². The zero-order valence-corrected chi connectivity index (χ0v) is 23.9. The van der Waals surface area contributed by atoms with Crippen LogP contribution < -0.4 is 10.4 Å². The van der Waals surface area contributed by atoms with Crippen LogP contribution in [0.1, 0.15) is 53.9 Å². The lowest BCUT2D eigenvalue weighted by molar-refractivity contribution is -0.163. The molecule has 0 aliphatic rings. The van der Waals surface area contributed by atoms with Crippen LogP contribution in [0.25, 0.3) is 0 Å². The number of ether oxygens (including phenoxy) is 3. The van der Waals surface area contributed by atoms with Crippen LogP contribution in [-0.2, 0) is 28.2 Å². The van der Waals surface area contributed by atoms with Crippen LogP contribution in [0, 0.1) is 0 Å². The number of rotatable bonds is 15. The lowest BCUT2D eigenvalue weighted by Gasteiger charge is -2.43. The third-order valence-corrected chi connectivity index (χ3v) is 11.2. The van der Waals surface area contributed by atoms with E-state index >= 15 is 0 Å². The molecule has 0 radical (unpaired) electrons. The Morgan fingerprint density at radius 3 is 1.92 bits per heavy atom. The highest BCUT2D eigenvalue weighted by Crippen LogP contribution is 2.36. The van der Waals surface area contributed by atoms with Gasteiger partial charge in [0.05, 0.1) is 6.61 Å². The Labute approximate surface area is 223 Å². The molecule has 2 atom stereocenters. The third-order valence-electron chi connectivity index (χ3n) is 6.21. The summed E-state index contributed by atoms with van der Waals surface area (Å²) in [6.45, 7) is 14.0. The van der Waals surface area contributed by atoms with Crippen LogP contribution in [0.3, 0.4) is 0 Å². The molecule has 0 saturated heterocycles. The molecular weight excluding hydrogens is 484 g/mol. The van der Waals surface area contributed by atoms with Gasteiger partial charge < -0.3 is 18.6 Å². The van der Waals surface area contributed by atoms with E-state index < -0.39 is 32.5 Å². The Morgan fingerprint density at radius 2 is 1.46 bits per heavy atom. The quantitative estimate of drug-likeness (QED) is 0.144. The Kier molecular flexibility index (Phi) is 12.2. The summed E-state index contributed by atoms with van der Waals surface area (Å²) in [4.78, 5) is 23.3. The third kappa shape index (κ3) is 8.95. The number of carbonyl (C=O) groups excluding carboxylic acids is 2. The smallest absolute Gasteiger partial charge is 0.302 e. The summed E-state index contributed by atoms with van der Waals surface area (Å²) in [5.74, 6) is -0.813. The molecule has 0 bridgehead atoms. The first-order valence-corrected chi connectivity index (χ1v) is 14.8. The topological polar surface area (TPSA) is 71.1 Å². The van der Waals surface area contributed by atoms with Crippen molar-refractivity contribution in [1.29, 1.82) is 0 Å². The van der Waals surface area contributed by atoms with Crippen molar-refractivity contribution in [2.75, 3.05) is 19.8 Å². The zero-order valence-electron chi connectivity index (χ0n) is 22.9. The first-order chi connectivity index (χ1) is 17.6. The lowest BCUT2D eigenvalue weighted by Crippen LogP contribution is -2.66. The average molecular weight is 527 g/mol. The van der Waals surface area contributed by atoms with Crippen molar-refractivity contribution in [1.82, 2.24) is 0 Å². The normalized spacial score (nSPS) is 13.4. The fourth-order valence-electron chi connectivity index (χ4n) is 4.57. The highest BCUT2D eigenvalue weighted by molar-refractivity contribution is 6.99. The highest BCUT2D eigenvalue weighted by atomic mass is 28.4. The fourth-order valence-corrected chi connectivity index (χ4v) is 9.18. The molecule has 2 aromatic rings. The van der Waals surface area contributed by atoms with Gasteiger partial charge in [-0.15, -0.1) is 6.58 Å². The van der Waals surface area contributed by atoms with Gasteiger partial charge in [0.25, 0.3) is 8.32 Å². The minimum absolute atomic E-state index is 0.0139. The molecular formula is C30H42O6Si. The first kappa shape index (κ1) is 30.5. The summed E-state index contributed by atoms with van der Waals surface area (Å²) < 4.78 is 23.7. The molecule has 202 valence electrons. The Hall–Kier alpha value is -2.74. The molecule has 0 fully saturated rings. The number of benzene rings is 2. The second kappa shape index (κ2) is 14.9. The van der Waals surface area contributed by atoms with Gasteiger partial charge in [0.2, 0.25) is 0 Å². The molecule has 0 unspecified atom stereocenters. The summed E-state index contributed by atoms with van der Waals surface area (Å²) in [5.41, 5.74) is 0. The van der Waals surface area contributed by atoms with Crippen molar-refractivity contribution >= 4 is 30.6 Å². The lowest BCUT2D eigenvalue weighted by atomic mass is 10.1. The number of carbonyl (C=O) groups is 2. The van der Waals surface area contributed by atoms with Crippen molar-refractivity contribution in [3.05, 3.63) is 73.3 Å². The van der Waals surface area contributed by atoms with E-state index in [1.807, 2.05) is 12.1 Å². The maximum absolute atomic E-state index is 11.9. The predicted molar refractivity (Wildman–Crippen MR) is 150 cm³/mol. The molecule has 2 rings (SSSR count). The second-order valence-electron chi connectivity index (χ2n) is 10.1. The van der Waals surface area contributed by atoms with E-state index in [-0.39, 0.29) is 11.6 Å². The molecule has 0 spiro atoms. The molecule has 0 N–H and O–H groups in total. The van der Waals surface area contributed by atoms with Gasteiger partial charge in [0.1, 0.15) is 18.8 Å². The fraction of sp³-hybridized carbons (Fsp3) is 0.467. The van der Waals surface area contributed by atoms with E-state index in [0.29, 0.717) is 32.5 Å². The van der Waals surface area contributed by atoms with Gasteiger partial charge in [-0.3, -0.25) is 9.59 Å². The van der Waals surface area contributed by atoms with Gasteiger partial charge in [-0.05, 0) is 34.7 Å². The molecule has 0 amide bonds. The van der Waals surface area contributed by atoms with E-state index in [0.717, 1.165) is 0 Å². The summed E-state index contributed by atoms with van der Waals surface area (Å²) in [5, 5.41) is 2.30. The van der Waals surface area contributed by atoms with Gasteiger partial charge in [-0.1, -0.05) is 87.5 Å². The molecule has 7 heteroatoms. The van der Waals surface area contributed by atoms with Crippen molar-refractivity contribution in [2.45, 2.75) is 71.1 Å². The summed E-state index contributed by atoms with van der Waals surface area (Å²) in [7, 11) is -2.66. The maximum Gasteiger partial charge on any atom is 0.302 e. The molecule has 0 aliphatic heterocycles. The predicted octanol–water partition coefficient (Wildman–Crippen LogP) is 4.80. The molecule has 0 aliphatic carbocycles. The Bertz CT molecular complexity index is 931. The monoisotopic (exact) mass is 526 g/mol. The summed E-state index contributed by atoms with van der Waals surface area (Å²) >= 11 is 0. The van der Waals surface area contributed by atoms with E-state index in [9.17, 15) is 9.59 Å². The molecule has 0 aromatic heterocycles. The van der Waals surface area contributed by atoms with E-state index in [2.05, 4.69) is 75.9 Å². The summed E-state index contributed by atoms with van der Waals surface area (Å²) in [6.07, 6.45) is 2.41. The number of esters is 2. The Morgan fingerprint density at radius 1 is 0.892 bits per heavy atom. The van der Waals surface area contributed by atoms with Crippen LogP contribution in [0.2, 0.25) is 5.04 Å². The van der Waals surface area contributed by atoms with Crippen LogP contribution >= 0.6 is 0 Å². The Balaban J connectivity index is 2.25. The number of hydrogen-bond donors (Lipinski definition) is 0. The second-order valence-corrected chi connectivity index (χ2v) is 14.4. The van der Waals surface area contributed by atoms with Crippen molar-refractivity contribution < 1.29 is 28.2 Å². The van der Waals surface area contributed by atoms with Crippen LogP contribution in [0.15, 0.2) is 73.3 Å². The zero-order chi connectivity index (χ0) is 27.3. The van der Waals surface area contributed by atoms with Crippen molar-refractivity contribution in [3.8, 4) is 0 Å². The largest absolute Gasteiger partial charge is 0.463 e. The minimum atomic E-state index is -2.66. The van der Waals surface area contributed by atoms with Crippen molar-refractivity contribution in [3.63, 3.8) is 0 Å². The van der Waals surface area contributed by atoms with Crippen molar-refractivity contribution in [2.24, 2.45) is 0 Å². The average Bonchev–Trinajstić information content (AvgIpc) is 2.85. The molecule has 2 aromatic carbocycles. The number of hydrogen-bond acceptors (Lipinski definition) is 6. The van der Waals surface area contributed by atoms with E-state index in [1.54, 1.807) is 6.08 Å². The van der Waals surface area contributed by atoms with Gasteiger partial charge >= 0.3 is 11.9 Å². The summed E-state index contributed by atoms with van der Waals surface area (Å²) in [6, 6.07) is 20.9. The van der Waals surface area contributed by atoms with E-state index in [4.69, 9.17) is 18.6 Å². The minimum Gasteiger partial charge on any atom is -0.463 e. The maximum atomic E-state index is 11.9. The molecule has 0 heterocycles.